The first-order valence-electron chi connectivity index (χ1n) is 3.94. The van der Waals surface area contributed by atoms with E-state index in [0.717, 1.165) is 13.0 Å². The van der Waals surface area contributed by atoms with Gasteiger partial charge in [0.25, 0.3) is 0 Å². The summed E-state index contributed by atoms with van der Waals surface area (Å²) in [5.41, 5.74) is -0.0694. The van der Waals surface area contributed by atoms with Crippen molar-refractivity contribution in [2.24, 2.45) is 5.92 Å². The molecule has 0 N–H and O–H groups in total. The molecule has 0 spiro atoms. The fourth-order valence-corrected chi connectivity index (χ4v) is 1.55. The summed E-state index contributed by atoms with van der Waals surface area (Å²) in [7, 11) is 1.78. The highest BCUT2D eigenvalue weighted by molar-refractivity contribution is 4.83. The normalized spacial score (nSPS) is 45.9. The molecule has 0 bridgehead atoms. The van der Waals surface area contributed by atoms with Crippen LogP contribution in [0.5, 0.6) is 0 Å². The number of hydroxylamine groups is 3. The van der Waals surface area contributed by atoms with E-state index in [1.54, 1.807) is 7.05 Å². The lowest BCUT2D eigenvalue weighted by atomic mass is 9.90. The summed E-state index contributed by atoms with van der Waals surface area (Å²) in [5.74, 6) is 0.565. The van der Waals surface area contributed by atoms with Gasteiger partial charge < -0.3 is 9.85 Å². The molecule has 60 valence electrons. The van der Waals surface area contributed by atoms with Crippen molar-refractivity contribution in [2.75, 3.05) is 13.6 Å². The van der Waals surface area contributed by atoms with Gasteiger partial charge >= 0.3 is 0 Å². The zero-order valence-electron chi connectivity index (χ0n) is 7.35. The van der Waals surface area contributed by atoms with E-state index in [4.69, 9.17) is 0 Å². The van der Waals surface area contributed by atoms with E-state index in [-0.39, 0.29) is 10.2 Å². The Labute approximate surface area is 63.0 Å². The van der Waals surface area contributed by atoms with Gasteiger partial charge in [0.05, 0.1) is 19.1 Å². The van der Waals surface area contributed by atoms with Gasteiger partial charge in [-0.3, -0.25) is 0 Å². The van der Waals surface area contributed by atoms with Gasteiger partial charge in [0.1, 0.15) is 0 Å². The average molecular weight is 143 g/mol. The molecule has 2 heteroatoms. The Morgan fingerprint density at radius 2 is 2.00 bits per heavy atom. The first-order chi connectivity index (χ1) is 4.38. The van der Waals surface area contributed by atoms with Gasteiger partial charge in [-0.15, -0.1) is 0 Å². The van der Waals surface area contributed by atoms with Crippen LogP contribution in [0.15, 0.2) is 0 Å². The van der Waals surface area contributed by atoms with Crippen molar-refractivity contribution in [3.8, 4) is 0 Å². The van der Waals surface area contributed by atoms with Crippen LogP contribution in [-0.4, -0.2) is 23.8 Å². The van der Waals surface area contributed by atoms with Crippen molar-refractivity contribution >= 4 is 0 Å². The molecule has 1 heterocycles. The molecular formula is C8H17NO. The highest BCUT2D eigenvalue weighted by atomic mass is 16.5. The summed E-state index contributed by atoms with van der Waals surface area (Å²) in [6.45, 7) is 7.09. The average Bonchev–Trinajstić information content (AvgIpc) is 1.94. The molecular weight excluding hydrogens is 126 g/mol. The summed E-state index contributed by atoms with van der Waals surface area (Å²) in [6, 6.07) is 0. The third kappa shape index (κ3) is 0.867. The molecule has 0 amide bonds. The summed E-state index contributed by atoms with van der Waals surface area (Å²) in [4.78, 5) is 0. The second-order valence-corrected chi connectivity index (χ2v) is 4.17. The van der Waals surface area contributed by atoms with Gasteiger partial charge in [-0.1, -0.05) is 6.92 Å². The highest BCUT2D eigenvalue weighted by Gasteiger charge is 2.44. The molecule has 1 aliphatic rings. The minimum Gasteiger partial charge on any atom is -0.633 e. The molecule has 1 rings (SSSR count). The number of hydrogen-bond acceptors (Lipinski definition) is 1. The molecule has 0 aromatic carbocycles. The molecule has 10 heavy (non-hydrogen) atoms. The van der Waals surface area contributed by atoms with Gasteiger partial charge in [-0.25, -0.2) is 0 Å². The molecule has 1 fully saturated rings. The smallest absolute Gasteiger partial charge is 0.0958 e. The Morgan fingerprint density at radius 1 is 1.50 bits per heavy atom. The van der Waals surface area contributed by atoms with Gasteiger partial charge in [0.2, 0.25) is 0 Å². The molecule has 1 aliphatic heterocycles. The third-order valence-corrected chi connectivity index (χ3v) is 3.41. The number of nitrogens with zero attached hydrogens (tertiary/aromatic N) is 1. The maximum atomic E-state index is 11.7. The minimum atomic E-state index is -0.0694. The standard InChI is InChI=1S/C8H17NO/c1-7-5-6-9(4,10)8(7,2)3/h7H,5-6H2,1-4H3. The van der Waals surface area contributed by atoms with Crippen LogP contribution in [0.4, 0.5) is 0 Å². The van der Waals surface area contributed by atoms with Gasteiger partial charge in [0, 0.05) is 12.3 Å². The molecule has 1 saturated heterocycles. The quantitative estimate of drug-likeness (QED) is 0.374. The van der Waals surface area contributed by atoms with Crippen molar-refractivity contribution in [3.63, 3.8) is 0 Å². The Morgan fingerprint density at radius 3 is 2.10 bits per heavy atom. The second-order valence-electron chi connectivity index (χ2n) is 4.17. The lowest BCUT2D eigenvalue weighted by molar-refractivity contribution is -0.898. The van der Waals surface area contributed by atoms with E-state index in [2.05, 4.69) is 20.8 Å². The highest BCUT2D eigenvalue weighted by Crippen LogP contribution is 2.38. The lowest BCUT2D eigenvalue weighted by Crippen LogP contribution is -2.51. The van der Waals surface area contributed by atoms with E-state index in [1.807, 2.05) is 0 Å². The van der Waals surface area contributed by atoms with E-state index in [1.165, 1.54) is 0 Å². The van der Waals surface area contributed by atoms with Crippen LogP contribution in [0.1, 0.15) is 27.2 Å². The molecule has 0 aromatic rings. The summed E-state index contributed by atoms with van der Waals surface area (Å²) in [5, 5.41) is 11.7. The van der Waals surface area contributed by atoms with Crippen molar-refractivity contribution in [3.05, 3.63) is 5.21 Å². The van der Waals surface area contributed by atoms with E-state index in [0.29, 0.717) is 5.92 Å². The van der Waals surface area contributed by atoms with Gasteiger partial charge in [0.15, 0.2) is 0 Å². The zero-order chi connectivity index (χ0) is 7.99. The molecule has 0 aliphatic carbocycles. The van der Waals surface area contributed by atoms with Crippen LogP contribution in [0.3, 0.4) is 0 Å². The number of rotatable bonds is 0. The fraction of sp³-hybridized carbons (Fsp3) is 1.00. The maximum Gasteiger partial charge on any atom is 0.0958 e. The van der Waals surface area contributed by atoms with Gasteiger partial charge in [-0.05, 0) is 13.8 Å². The SMILES string of the molecule is CC1CC[N+](C)([O-])C1(C)C. The Bertz CT molecular complexity index is 140. The monoisotopic (exact) mass is 143 g/mol. The van der Waals surface area contributed by atoms with Crippen molar-refractivity contribution in [2.45, 2.75) is 32.7 Å². The van der Waals surface area contributed by atoms with Crippen molar-refractivity contribution in [1.29, 1.82) is 0 Å². The molecule has 0 radical (unpaired) electrons. The van der Waals surface area contributed by atoms with Crippen LogP contribution in [0, 0.1) is 11.1 Å². The van der Waals surface area contributed by atoms with Crippen LogP contribution < -0.4 is 0 Å². The number of quaternary nitrogens is 1. The maximum absolute atomic E-state index is 11.7. The van der Waals surface area contributed by atoms with Crippen LogP contribution in [-0.2, 0) is 0 Å². The van der Waals surface area contributed by atoms with Crippen LogP contribution in [0.2, 0.25) is 0 Å². The van der Waals surface area contributed by atoms with E-state index in [9.17, 15) is 5.21 Å². The third-order valence-electron chi connectivity index (χ3n) is 3.41. The number of likely N-dealkylation sites (tertiary alicyclic amines) is 1. The molecule has 0 saturated carbocycles. The van der Waals surface area contributed by atoms with Gasteiger partial charge in [-0.2, -0.15) is 0 Å². The first kappa shape index (κ1) is 8.02. The number of hydrogen-bond donors (Lipinski definition) is 0. The lowest BCUT2D eigenvalue weighted by Gasteiger charge is -2.47. The Balaban J connectivity index is 2.84. The molecule has 2 atom stereocenters. The van der Waals surface area contributed by atoms with Crippen molar-refractivity contribution in [1.82, 2.24) is 0 Å². The van der Waals surface area contributed by atoms with Crippen molar-refractivity contribution < 1.29 is 4.65 Å². The fourth-order valence-electron chi connectivity index (χ4n) is 1.55. The van der Waals surface area contributed by atoms with Crippen LogP contribution >= 0.6 is 0 Å². The first-order valence-corrected chi connectivity index (χ1v) is 3.94. The summed E-state index contributed by atoms with van der Waals surface area (Å²) >= 11 is 0. The van der Waals surface area contributed by atoms with E-state index < -0.39 is 0 Å². The Hall–Kier alpha value is -0.0800. The minimum absolute atomic E-state index is 0.0613. The van der Waals surface area contributed by atoms with Crippen LogP contribution in [0.25, 0.3) is 0 Å². The second kappa shape index (κ2) is 1.95. The topological polar surface area (TPSA) is 23.1 Å². The Kier molecular flexibility index (Phi) is 1.57. The zero-order valence-corrected chi connectivity index (χ0v) is 7.35. The molecule has 0 aromatic heterocycles. The summed E-state index contributed by atoms with van der Waals surface area (Å²) < 4.78 is -0.0613. The molecule has 2 unspecified atom stereocenters. The van der Waals surface area contributed by atoms with E-state index >= 15 is 0 Å². The largest absolute Gasteiger partial charge is 0.633 e. The summed E-state index contributed by atoms with van der Waals surface area (Å²) in [6.07, 6.45) is 1.08. The predicted molar refractivity (Wildman–Crippen MR) is 42.3 cm³/mol. The molecule has 2 nitrogen and oxygen atoms in total. The predicted octanol–water partition coefficient (Wildman–Crippen LogP) is 1.75.